The summed E-state index contributed by atoms with van der Waals surface area (Å²) in [7, 11) is 0. The van der Waals surface area contributed by atoms with Crippen molar-refractivity contribution in [2.45, 2.75) is 77.2 Å². The molecule has 0 radical (unpaired) electrons. The molecule has 1 saturated carbocycles. The Kier molecular flexibility index (Phi) is 8.51. The molecule has 1 aliphatic carbocycles. The smallest absolute Gasteiger partial charge is 0.0651 e. The van der Waals surface area contributed by atoms with Gasteiger partial charge < -0.3 is 4.74 Å². The first-order chi connectivity index (χ1) is 7.93. The lowest BCUT2D eigenvalue weighted by atomic mass is 9.98. The van der Waals surface area contributed by atoms with Crippen molar-refractivity contribution in [2.75, 3.05) is 6.61 Å². The SMILES string of the molecule is CCCCCC/C=C/COC1CCCCC1. The molecule has 0 bridgehead atoms. The molecule has 0 unspecified atom stereocenters. The highest BCUT2D eigenvalue weighted by Crippen LogP contribution is 2.20. The van der Waals surface area contributed by atoms with Crippen molar-refractivity contribution in [3.05, 3.63) is 12.2 Å². The number of unbranched alkanes of at least 4 members (excludes halogenated alkanes) is 4. The average molecular weight is 224 g/mol. The lowest BCUT2D eigenvalue weighted by molar-refractivity contribution is 0.0465. The summed E-state index contributed by atoms with van der Waals surface area (Å²) in [4.78, 5) is 0. The van der Waals surface area contributed by atoms with Crippen LogP contribution in [0.15, 0.2) is 12.2 Å². The molecule has 1 aliphatic rings. The summed E-state index contributed by atoms with van der Waals surface area (Å²) in [6.45, 7) is 3.09. The zero-order valence-electron chi connectivity index (χ0n) is 10.9. The molecule has 0 amide bonds. The van der Waals surface area contributed by atoms with Crippen molar-refractivity contribution < 1.29 is 4.74 Å². The van der Waals surface area contributed by atoms with Crippen LogP contribution in [0.4, 0.5) is 0 Å². The van der Waals surface area contributed by atoms with E-state index in [0.717, 1.165) is 6.61 Å². The molecular weight excluding hydrogens is 196 g/mol. The molecule has 0 spiro atoms. The monoisotopic (exact) mass is 224 g/mol. The van der Waals surface area contributed by atoms with E-state index in [1.807, 2.05) is 0 Å². The van der Waals surface area contributed by atoms with E-state index in [2.05, 4.69) is 19.1 Å². The van der Waals surface area contributed by atoms with Crippen LogP contribution in [0.25, 0.3) is 0 Å². The normalized spacial score (nSPS) is 18.3. The van der Waals surface area contributed by atoms with Gasteiger partial charge in [-0.25, -0.2) is 0 Å². The predicted octanol–water partition coefficient (Wildman–Crippen LogP) is 4.86. The highest BCUT2D eigenvalue weighted by molar-refractivity contribution is 4.82. The van der Waals surface area contributed by atoms with Gasteiger partial charge in [0, 0.05) is 0 Å². The van der Waals surface area contributed by atoms with Crippen LogP contribution in [0.1, 0.15) is 71.1 Å². The largest absolute Gasteiger partial charge is 0.374 e. The Morgan fingerprint density at radius 2 is 1.81 bits per heavy atom. The van der Waals surface area contributed by atoms with E-state index < -0.39 is 0 Å². The minimum Gasteiger partial charge on any atom is -0.374 e. The van der Waals surface area contributed by atoms with E-state index in [1.54, 1.807) is 0 Å². The summed E-state index contributed by atoms with van der Waals surface area (Å²) in [5.74, 6) is 0. The topological polar surface area (TPSA) is 9.23 Å². The molecule has 0 aromatic carbocycles. The van der Waals surface area contributed by atoms with Gasteiger partial charge in [-0.3, -0.25) is 0 Å². The van der Waals surface area contributed by atoms with Crippen LogP contribution in [0.2, 0.25) is 0 Å². The Labute approximate surface area is 101 Å². The second kappa shape index (κ2) is 9.89. The van der Waals surface area contributed by atoms with Crippen molar-refractivity contribution in [1.82, 2.24) is 0 Å². The summed E-state index contributed by atoms with van der Waals surface area (Å²) >= 11 is 0. The van der Waals surface area contributed by atoms with Crippen LogP contribution in [0, 0.1) is 0 Å². The molecule has 0 heterocycles. The Balaban J connectivity index is 1.87. The first-order valence-electron chi connectivity index (χ1n) is 7.20. The van der Waals surface area contributed by atoms with E-state index in [0.29, 0.717) is 6.10 Å². The Bertz CT molecular complexity index is 168. The molecule has 0 atom stereocenters. The van der Waals surface area contributed by atoms with E-state index in [4.69, 9.17) is 4.74 Å². The van der Waals surface area contributed by atoms with Crippen molar-refractivity contribution in [3.8, 4) is 0 Å². The zero-order chi connectivity index (χ0) is 11.5. The third-order valence-corrected chi connectivity index (χ3v) is 3.37. The standard InChI is InChI=1S/C15H28O/c1-2-3-4-5-6-7-11-14-16-15-12-9-8-10-13-15/h7,11,15H,2-6,8-10,12-14H2,1H3/b11-7+. The molecule has 1 fully saturated rings. The fourth-order valence-corrected chi connectivity index (χ4v) is 2.30. The summed E-state index contributed by atoms with van der Waals surface area (Å²) in [5.41, 5.74) is 0. The van der Waals surface area contributed by atoms with Crippen LogP contribution in [0.3, 0.4) is 0 Å². The van der Waals surface area contributed by atoms with Crippen LogP contribution >= 0.6 is 0 Å². The number of ether oxygens (including phenoxy) is 1. The maximum Gasteiger partial charge on any atom is 0.0651 e. The third-order valence-electron chi connectivity index (χ3n) is 3.37. The quantitative estimate of drug-likeness (QED) is 0.422. The molecule has 94 valence electrons. The summed E-state index contributed by atoms with van der Waals surface area (Å²) in [6, 6.07) is 0. The molecule has 1 rings (SSSR count). The first kappa shape index (κ1) is 13.8. The van der Waals surface area contributed by atoms with Crippen LogP contribution in [0.5, 0.6) is 0 Å². The van der Waals surface area contributed by atoms with E-state index >= 15 is 0 Å². The zero-order valence-corrected chi connectivity index (χ0v) is 10.9. The molecule has 0 N–H and O–H groups in total. The molecule has 0 aromatic heterocycles. The lowest BCUT2D eigenvalue weighted by Crippen LogP contribution is -2.16. The van der Waals surface area contributed by atoms with Gasteiger partial charge in [-0.2, -0.15) is 0 Å². The Hall–Kier alpha value is -0.300. The average Bonchev–Trinajstić information content (AvgIpc) is 2.34. The molecular formula is C15H28O. The molecule has 0 aliphatic heterocycles. The van der Waals surface area contributed by atoms with Crippen molar-refractivity contribution >= 4 is 0 Å². The van der Waals surface area contributed by atoms with Crippen LogP contribution in [-0.2, 0) is 4.74 Å². The summed E-state index contributed by atoms with van der Waals surface area (Å²) in [5, 5.41) is 0. The highest BCUT2D eigenvalue weighted by atomic mass is 16.5. The van der Waals surface area contributed by atoms with Gasteiger partial charge >= 0.3 is 0 Å². The molecule has 1 nitrogen and oxygen atoms in total. The van der Waals surface area contributed by atoms with E-state index in [-0.39, 0.29) is 0 Å². The van der Waals surface area contributed by atoms with Crippen molar-refractivity contribution in [2.24, 2.45) is 0 Å². The van der Waals surface area contributed by atoms with Gasteiger partial charge in [0.2, 0.25) is 0 Å². The summed E-state index contributed by atoms with van der Waals surface area (Å²) < 4.78 is 5.82. The maximum atomic E-state index is 5.82. The van der Waals surface area contributed by atoms with Gasteiger partial charge in [-0.15, -0.1) is 0 Å². The summed E-state index contributed by atoms with van der Waals surface area (Å²) in [6.07, 6.45) is 18.4. The number of hydrogen-bond donors (Lipinski definition) is 0. The number of allylic oxidation sites excluding steroid dienone is 1. The van der Waals surface area contributed by atoms with Gasteiger partial charge in [0.15, 0.2) is 0 Å². The Morgan fingerprint density at radius 3 is 2.56 bits per heavy atom. The second-order valence-electron chi connectivity index (χ2n) is 4.91. The van der Waals surface area contributed by atoms with Gasteiger partial charge in [0.1, 0.15) is 0 Å². The van der Waals surface area contributed by atoms with Crippen molar-refractivity contribution in [3.63, 3.8) is 0 Å². The van der Waals surface area contributed by atoms with Gasteiger partial charge in [0.05, 0.1) is 12.7 Å². The molecule has 0 aromatic rings. The van der Waals surface area contributed by atoms with Crippen molar-refractivity contribution in [1.29, 1.82) is 0 Å². The van der Waals surface area contributed by atoms with E-state index in [9.17, 15) is 0 Å². The molecule has 0 saturated heterocycles. The molecule has 1 heteroatoms. The van der Waals surface area contributed by atoms with Crippen LogP contribution in [-0.4, -0.2) is 12.7 Å². The highest BCUT2D eigenvalue weighted by Gasteiger charge is 2.12. The third kappa shape index (κ3) is 7.05. The predicted molar refractivity (Wildman–Crippen MR) is 70.7 cm³/mol. The first-order valence-corrected chi connectivity index (χ1v) is 7.20. The van der Waals surface area contributed by atoms with Gasteiger partial charge in [-0.1, -0.05) is 57.6 Å². The van der Waals surface area contributed by atoms with Gasteiger partial charge in [0.25, 0.3) is 0 Å². The number of hydrogen-bond acceptors (Lipinski definition) is 1. The lowest BCUT2D eigenvalue weighted by Gasteiger charge is -2.21. The Morgan fingerprint density at radius 1 is 1.00 bits per heavy atom. The minimum atomic E-state index is 0.554. The van der Waals surface area contributed by atoms with E-state index in [1.165, 1.54) is 64.2 Å². The maximum absolute atomic E-state index is 5.82. The fourth-order valence-electron chi connectivity index (χ4n) is 2.30. The minimum absolute atomic E-state index is 0.554. The van der Waals surface area contributed by atoms with Gasteiger partial charge in [-0.05, 0) is 25.7 Å². The second-order valence-corrected chi connectivity index (χ2v) is 4.91. The van der Waals surface area contributed by atoms with Crippen LogP contribution < -0.4 is 0 Å². The number of rotatable bonds is 8. The molecule has 16 heavy (non-hydrogen) atoms. The fraction of sp³-hybridized carbons (Fsp3) is 0.867.